The molecular formula is C22H28N3O5+. The normalized spacial score (nSPS) is 14.4. The number of anilines is 2. The molecule has 8 nitrogen and oxygen atoms in total. The molecule has 0 spiro atoms. The minimum atomic E-state index is -0.412. The molecule has 1 aliphatic heterocycles. The lowest BCUT2D eigenvalue weighted by Crippen LogP contribution is -3.17. The van der Waals surface area contributed by atoms with Gasteiger partial charge in [-0.1, -0.05) is 0 Å². The van der Waals surface area contributed by atoms with Crippen molar-refractivity contribution >= 4 is 23.2 Å². The number of carbonyl (C=O) groups is 2. The first-order valence-corrected chi connectivity index (χ1v) is 9.99. The van der Waals surface area contributed by atoms with Crippen molar-refractivity contribution in [1.29, 1.82) is 0 Å². The van der Waals surface area contributed by atoms with E-state index in [2.05, 4.69) is 10.6 Å². The Kier molecular flexibility index (Phi) is 7.13. The van der Waals surface area contributed by atoms with Crippen LogP contribution >= 0.6 is 0 Å². The summed E-state index contributed by atoms with van der Waals surface area (Å²) in [5.74, 6) is 1.68. The zero-order valence-corrected chi connectivity index (χ0v) is 17.5. The first-order chi connectivity index (χ1) is 14.5. The maximum atomic E-state index is 12.7. The lowest BCUT2D eigenvalue weighted by Gasteiger charge is -2.24. The third kappa shape index (κ3) is 5.42. The number of likely N-dealkylation sites (N-methyl/N-ethyl adjacent to an activating group) is 1. The third-order valence-corrected chi connectivity index (χ3v) is 5.03. The Bertz CT molecular complexity index is 885. The van der Waals surface area contributed by atoms with E-state index in [-0.39, 0.29) is 18.4 Å². The van der Waals surface area contributed by atoms with Crippen LogP contribution in [0.15, 0.2) is 42.5 Å². The van der Waals surface area contributed by atoms with Crippen molar-refractivity contribution in [2.45, 2.75) is 19.9 Å². The van der Waals surface area contributed by atoms with E-state index >= 15 is 0 Å². The van der Waals surface area contributed by atoms with E-state index in [0.29, 0.717) is 42.6 Å². The number of rotatable bonds is 8. The number of hydrogen-bond acceptors (Lipinski definition) is 5. The van der Waals surface area contributed by atoms with Crippen molar-refractivity contribution in [2.75, 3.05) is 44.0 Å². The number of hydrogen-bond donors (Lipinski definition) is 3. The largest absolute Gasteiger partial charge is 0.497 e. The summed E-state index contributed by atoms with van der Waals surface area (Å²) in [5, 5.41) is 5.76. The molecule has 0 saturated heterocycles. The van der Waals surface area contributed by atoms with Crippen LogP contribution < -0.4 is 29.7 Å². The second-order valence-electron chi connectivity index (χ2n) is 7.03. The second-order valence-corrected chi connectivity index (χ2v) is 7.03. The number of fused-ring (bicyclic) bond motifs is 1. The summed E-state index contributed by atoms with van der Waals surface area (Å²) in [6, 6.07) is 12.0. The highest BCUT2D eigenvalue weighted by Crippen LogP contribution is 2.32. The molecule has 0 aromatic heterocycles. The highest BCUT2D eigenvalue weighted by Gasteiger charge is 2.26. The molecule has 0 saturated carbocycles. The van der Waals surface area contributed by atoms with Gasteiger partial charge in [-0.2, -0.15) is 0 Å². The van der Waals surface area contributed by atoms with Crippen LogP contribution in [-0.2, 0) is 9.59 Å². The van der Waals surface area contributed by atoms with Gasteiger partial charge in [-0.25, -0.2) is 0 Å². The standard InChI is InChI=1S/C22H27N3O5/c1-4-25(14-21(26)23-16-5-8-18(28-3)9-6-16)15(2)22(27)24-17-7-10-19-20(13-17)30-12-11-29-19/h5-10,13,15H,4,11-12,14H2,1-3H3,(H,23,26)(H,24,27)/p+1/t15-/m1/s1. The zero-order chi connectivity index (χ0) is 21.5. The van der Waals surface area contributed by atoms with Crippen molar-refractivity contribution in [1.82, 2.24) is 0 Å². The van der Waals surface area contributed by atoms with Crippen LogP contribution in [0.1, 0.15) is 13.8 Å². The van der Waals surface area contributed by atoms with Gasteiger partial charge < -0.3 is 29.7 Å². The van der Waals surface area contributed by atoms with E-state index in [1.807, 2.05) is 13.8 Å². The summed E-state index contributed by atoms with van der Waals surface area (Å²) in [6.45, 7) is 5.57. The van der Waals surface area contributed by atoms with Gasteiger partial charge in [0.25, 0.3) is 11.8 Å². The Hall–Kier alpha value is -3.26. The molecule has 8 heteroatoms. The van der Waals surface area contributed by atoms with Gasteiger partial charge in [-0.3, -0.25) is 9.59 Å². The Balaban J connectivity index is 1.56. The third-order valence-electron chi connectivity index (χ3n) is 5.03. The predicted molar refractivity (Wildman–Crippen MR) is 114 cm³/mol. The predicted octanol–water partition coefficient (Wildman–Crippen LogP) is 1.34. The smallest absolute Gasteiger partial charge is 0.282 e. The monoisotopic (exact) mass is 414 g/mol. The highest BCUT2D eigenvalue weighted by atomic mass is 16.6. The number of carbonyl (C=O) groups excluding carboxylic acids is 2. The van der Waals surface area contributed by atoms with Crippen LogP contribution in [0.5, 0.6) is 17.2 Å². The molecule has 3 rings (SSSR count). The van der Waals surface area contributed by atoms with E-state index in [0.717, 1.165) is 10.6 Å². The minimum Gasteiger partial charge on any atom is -0.497 e. The highest BCUT2D eigenvalue weighted by molar-refractivity contribution is 5.95. The van der Waals surface area contributed by atoms with E-state index in [1.54, 1.807) is 49.6 Å². The van der Waals surface area contributed by atoms with E-state index in [4.69, 9.17) is 14.2 Å². The van der Waals surface area contributed by atoms with Crippen LogP contribution in [0.4, 0.5) is 11.4 Å². The number of ether oxygens (including phenoxy) is 3. The molecule has 0 aliphatic carbocycles. The fourth-order valence-electron chi connectivity index (χ4n) is 3.23. The molecule has 0 fully saturated rings. The van der Waals surface area contributed by atoms with Gasteiger partial charge in [0.05, 0.1) is 13.7 Å². The Morgan fingerprint density at radius 1 is 1.03 bits per heavy atom. The molecule has 2 aromatic rings. The molecule has 2 aromatic carbocycles. The van der Waals surface area contributed by atoms with E-state index in [1.165, 1.54) is 0 Å². The summed E-state index contributed by atoms with van der Waals surface area (Å²) in [7, 11) is 1.59. The molecule has 1 aliphatic rings. The summed E-state index contributed by atoms with van der Waals surface area (Å²) >= 11 is 0. The SMILES string of the molecule is CC[NH+](CC(=O)Nc1ccc(OC)cc1)[C@H](C)C(=O)Nc1ccc2c(c1)OCCO2. The van der Waals surface area contributed by atoms with Crippen molar-refractivity contribution in [3.05, 3.63) is 42.5 Å². The van der Waals surface area contributed by atoms with Gasteiger partial charge in [0.1, 0.15) is 19.0 Å². The fraction of sp³-hybridized carbons (Fsp3) is 0.364. The van der Waals surface area contributed by atoms with Crippen molar-refractivity contribution in [3.63, 3.8) is 0 Å². The molecule has 1 unspecified atom stereocenters. The van der Waals surface area contributed by atoms with Crippen LogP contribution in [0.2, 0.25) is 0 Å². The number of amides is 2. The second kappa shape index (κ2) is 9.98. The number of nitrogens with one attached hydrogen (secondary N) is 3. The number of quaternary nitrogens is 1. The van der Waals surface area contributed by atoms with Gasteiger partial charge in [-0.05, 0) is 50.2 Å². The first-order valence-electron chi connectivity index (χ1n) is 9.99. The average molecular weight is 414 g/mol. The molecule has 0 bridgehead atoms. The Labute approximate surface area is 176 Å². The van der Waals surface area contributed by atoms with Crippen LogP contribution in [-0.4, -0.2) is 51.3 Å². The summed E-state index contributed by atoms with van der Waals surface area (Å²) < 4.78 is 16.2. The van der Waals surface area contributed by atoms with E-state index < -0.39 is 6.04 Å². The van der Waals surface area contributed by atoms with Crippen molar-refractivity contribution < 1.29 is 28.7 Å². The first kappa shape index (κ1) is 21.4. The zero-order valence-electron chi connectivity index (χ0n) is 17.5. The number of benzene rings is 2. The summed E-state index contributed by atoms with van der Waals surface area (Å²) in [6.07, 6.45) is 0. The lowest BCUT2D eigenvalue weighted by molar-refractivity contribution is -0.904. The van der Waals surface area contributed by atoms with Crippen LogP contribution in [0, 0.1) is 0 Å². The Morgan fingerprint density at radius 2 is 1.70 bits per heavy atom. The minimum absolute atomic E-state index is 0.156. The quantitative estimate of drug-likeness (QED) is 0.607. The summed E-state index contributed by atoms with van der Waals surface area (Å²) in [5.41, 5.74) is 1.32. The molecule has 2 atom stereocenters. The number of methoxy groups -OCH3 is 1. The topological polar surface area (TPSA) is 90.3 Å². The van der Waals surface area contributed by atoms with Gasteiger partial charge in [0.2, 0.25) is 0 Å². The van der Waals surface area contributed by atoms with E-state index in [9.17, 15) is 9.59 Å². The molecule has 1 heterocycles. The van der Waals surface area contributed by atoms with Crippen LogP contribution in [0.3, 0.4) is 0 Å². The molecule has 0 radical (unpaired) electrons. The molecule has 2 amide bonds. The van der Waals surface area contributed by atoms with Gasteiger partial charge in [-0.15, -0.1) is 0 Å². The molecule has 160 valence electrons. The summed E-state index contributed by atoms with van der Waals surface area (Å²) in [4.78, 5) is 26.1. The molecule has 30 heavy (non-hydrogen) atoms. The average Bonchev–Trinajstić information content (AvgIpc) is 2.77. The van der Waals surface area contributed by atoms with Gasteiger partial charge in [0.15, 0.2) is 24.1 Å². The molecule has 3 N–H and O–H groups in total. The maximum absolute atomic E-state index is 12.7. The lowest BCUT2D eigenvalue weighted by atomic mass is 10.2. The van der Waals surface area contributed by atoms with Crippen molar-refractivity contribution in [2.24, 2.45) is 0 Å². The van der Waals surface area contributed by atoms with Gasteiger partial charge >= 0.3 is 0 Å². The Morgan fingerprint density at radius 3 is 2.37 bits per heavy atom. The van der Waals surface area contributed by atoms with Crippen LogP contribution in [0.25, 0.3) is 0 Å². The fourth-order valence-corrected chi connectivity index (χ4v) is 3.23. The van der Waals surface area contributed by atoms with Gasteiger partial charge in [0, 0.05) is 17.4 Å². The van der Waals surface area contributed by atoms with Crippen molar-refractivity contribution in [3.8, 4) is 17.2 Å². The maximum Gasteiger partial charge on any atom is 0.282 e. The molecular weight excluding hydrogens is 386 g/mol.